The highest BCUT2D eigenvalue weighted by Crippen LogP contribution is 2.45. The van der Waals surface area contributed by atoms with E-state index in [1.807, 2.05) is 35.9 Å². The Morgan fingerprint density at radius 1 is 1.27 bits per heavy atom. The van der Waals surface area contributed by atoms with E-state index in [-0.39, 0.29) is 31.0 Å². The molecule has 0 radical (unpaired) electrons. The first-order valence-corrected chi connectivity index (χ1v) is 12.0. The number of nitrogens with one attached hydrogen (secondary N) is 1. The zero-order valence-electron chi connectivity index (χ0n) is 17.9. The number of fused-ring (bicyclic) bond motifs is 2. The smallest absolute Gasteiger partial charge is 0.231 e. The molecule has 0 atom stereocenters. The van der Waals surface area contributed by atoms with Crippen LogP contribution in [0.1, 0.15) is 20.3 Å². The Labute approximate surface area is 197 Å². The number of aromatic nitrogens is 5. The summed E-state index contributed by atoms with van der Waals surface area (Å²) >= 11 is 2.97. The van der Waals surface area contributed by atoms with Crippen LogP contribution in [0.25, 0.3) is 21.7 Å². The molecule has 0 saturated carbocycles. The molecule has 0 bridgehead atoms. The molecule has 33 heavy (non-hydrogen) atoms. The minimum absolute atomic E-state index is 0.0450. The number of rotatable bonds is 7. The number of carbonyl (C=O) groups excluding carboxylic acids is 1. The molecule has 0 saturated heterocycles. The molecule has 1 aliphatic heterocycles. The predicted molar refractivity (Wildman–Crippen MR) is 125 cm³/mol. The molecule has 0 spiro atoms. The minimum atomic E-state index is -0.0450. The normalized spacial score (nSPS) is 12.6. The Hall–Kier alpha value is -3.38. The summed E-state index contributed by atoms with van der Waals surface area (Å²) in [6, 6.07) is 3.92. The molecule has 3 aromatic heterocycles. The van der Waals surface area contributed by atoms with E-state index in [2.05, 4.69) is 20.3 Å². The van der Waals surface area contributed by atoms with E-state index in [0.717, 1.165) is 15.5 Å². The van der Waals surface area contributed by atoms with Gasteiger partial charge in [-0.15, -0.1) is 11.3 Å². The van der Waals surface area contributed by atoms with Crippen LogP contribution in [0.2, 0.25) is 0 Å². The monoisotopic (exact) mass is 483 g/mol. The Bertz CT molecular complexity index is 1320. The lowest BCUT2D eigenvalue weighted by molar-refractivity contribution is -0.121. The van der Waals surface area contributed by atoms with Gasteiger partial charge in [-0.05, 0) is 26.0 Å². The lowest BCUT2D eigenvalue weighted by atomic mass is 10.2. The zero-order chi connectivity index (χ0) is 22.9. The van der Waals surface area contributed by atoms with Crippen LogP contribution in [0, 0.1) is 0 Å². The fraction of sp³-hybridized carbons (Fsp3) is 0.286. The first-order valence-electron chi connectivity index (χ1n) is 10.3. The van der Waals surface area contributed by atoms with E-state index in [4.69, 9.17) is 20.2 Å². The van der Waals surface area contributed by atoms with E-state index in [1.165, 1.54) is 29.4 Å². The molecule has 4 aromatic rings. The van der Waals surface area contributed by atoms with E-state index < -0.39 is 0 Å². The second-order valence-corrected chi connectivity index (χ2v) is 9.49. The fourth-order valence-corrected chi connectivity index (χ4v) is 5.24. The van der Waals surface area contributed by atoms with Gasteiger partial charge in [-0.2, -0.15) is 0 Å². The van der Waals surface area contributed by atoms with Crippen molar-refractivity contribution in [2.24, 2.45) is 0 Å². The number of hydrogen-bond donors (Lipinski definition) is 2. The summed E-state index contributed by atoms with van der Waals surface area (Å²) in [7, 11) is 0. The van der Waals surface area contributed by atoms with E-state index in [9.17, 15) is 4.79 Å². The second-order valence-electron chi connectivity index (χ2n) is 7.59. The Balaban J connectivity index is 1.55. The molecule has 0 unspecified atom stereocenters. The largest absolute Gasteiger partial charge is 0.454 e. The first-order chi connectivity index (χ1) is 16.0. The van der Waals surface area contributed by atoms with Crippen molar-refractivity contribution in [3.05, 3.63) is 30.0 Å². The highest BCUT2D eigenvalue weighted by molar-refractivity contribution is 7.99. The number of nitrogens with zero attached hydrogens (tertiary/aromatic N) is 5. The molecule has 10 nitrogen and oxygen atoms in total. The van der Waals surface area contributed by atoms with Gasteiger partial charge in [0.05, 0.1) is 0 Å². The first kappa shape index (κ1) is 21.5. The van der Waals surface area contributed by atoms with Gasteiger partial charge in [-0.3, -0.25) is 4.79 Å². The Kier molecular flexibility index (Phi) is 5.77. The molecule has 12 heteroatoms. The molecule has 0 aliphatic carbocycles. The van der Waals surface area contributed by atoms with Crippen molar-refractivity contribution in [1.29, 1.82) is 0 Å². The molecule has 4 heterocycles. The number of carbonyl (C=O) groups is 1. The quantitative estimate of drug-likeness (QED) is 0.406. The van der Waals surface area contributed by atoms with Crippen molar-refractivity contribution in [2.75, 3.05) is 12.5 Å². The number of ether oxygens (including phenoxy) is 2. The summed E-state index contributed by atoms with van der Waals surface area (Å²) < 4.78 is 13.1. The number of aryl methyl sites for hydroxylation is 1. The maximum atomic E-state index is 12.3. The summed E-state index contributed by atoms with van der Waals surface area (Å²) in [6.45, 7) is 4.43. The number of benzene rings is 1. The van der Waals surface area contributed by atoms with Crippen LogP contribution in [0.4, 0.5) is 5.82 Å². The van der Waals surface area contributed by atoms with Gasteiger partial charge < -0.3 is 25.1 Å². The van der Waals surface area contributed by atoms with Gasteiger partial charge in [-0.25, -0.2) is 19.9 Å². The fourth-order valence-electron chi connectivity index (χ4n) is 3.45. The maximum absolute atomic E-state index is 12.3. The number of thiazole rings is 1. The number of amides is 1. The van der Waals surface area contributed by atoms with Gasteiger partial charge in [-0.1, -0.05) is 11.8 Å². The molecule has 1 amide bonds. The van der Waals surface area contributed by atoms with Crippen molar-refractivity contribution in [3.63, 3.8) is 0 Å². The number of hydrogen-bond acceptors (Lipinski definition) is 10. The molecule has 0 fully saturated rings. The average molecular weight is 484 g/mol. The summed E-state index contributed by atoms with van der Waals surface area (Å²) in [5, 5.41) is 6.34. The molecule has 1 aliphatic rings. The number of nitrogens with two attached hydrogens (primary N) is 1. The average Bonchev–Trinajstić information content (AvgIpc) is 3.52. The summed E-state index contributed by atoms with van der Waals surface area (Å²) in [4.78, 5) is 30.8. The topological polar surface area (TPSA) is 130 Å². The molecule has 1 aromatic carbocycles. The van der Waals surface area contributed by atoms with Crippen LogP contribution in [0.5, 0.6) is 11.5 Å². The minimum Gasteiger partial charge on any atom is -0.454 e. The zero-order valence-corrected chi connectivity index (χ0v) is 19.6. The van der Waals surface area contributed by atoms with Gasteiger partial charge >= 0.3 is 0 Å². The standard InChI is InChI=1S/C21H21N7O3S2/c1-11(2)26-16(29)3-5-28-19-17(18(22)24-9-25-19)27-21(28)33-15-8-14-13(30-10-31-14)7-12(15)20-23-4-6-32-20/h4,6-9,11H,3,5,10H2,1-2H3,(H,26,29)(H2,22,24,25). The van der Waals surface area contributed by atoms with Crippen molar-refractivity contribution in [1.82, 2.24) is 29.8 Å². The number of anilines is 1. The van der Waals surface area contributed by atoms with Gasteiger partial charge in [0.1, 0.15) is 11.3 Å². The highest BCUT2D eigenvalue weighted by Gasteiger charge is 2.23. The van der Waals surface area contributed by atoms with Crippen molar-refractivity contribution in [2.45, 2.75) is 42.9 Å². The van der Waals surface area contributed by atoms with Crippen molar-refractivity contribution < 1.29 is 14.3 Å². The maximum Gasteiger partial charge on any atom is 0.231 e. The van der Waals surface area contributed by atoms with E-state index in [0.29, 0.717) is 34.4 Å². The lowest BCUT2D eigenvalue weighted by Gasteiger charge is -2.12. The van der Waals surface area contributed by atoms with Crippen LogP contribution >= 0.6 is 23.1 Å². The lowest BCUT2D eigenvalue weighted by Crippen LogP contribution is -2.30. The van der Waals surface area contributed by atoms with Crippen LogP contribution in [-0.2, 0) is 11.3 Å². The number of nitrogen functional groups attached to an aromatic ring is 1. The van der Waals surface area contributed by atoms with Gasteiger partial charge in [0.15, 0.2) is 33.6 Å². The highest BCUT2D eigenvalue weighted by atomic mass is 32.2. The second kappa shape index (κ2) is 8.87. The number of imidazole rings is 1. The van der Waals surface area contributed by atoms with E-state index in [1.54, 1.807) is 6.20 Å². The molecular formula is C21H21N7O3S2. The third-order valence-corrected chi connectivity index (χ3v) is 6.73. The Morgan fingerprint density at radius 2 is 2.09 bits per heavy atom. The van der Waals surface area contributed by atoms with Crippen molar-refractivity contribution >= 4 is 46.0 Å². The van der Waals surface area contributed by atoms with Crippen molar-refractivity contribution in [3.8, 4) is 22.1 Å². The Morgan fingerprint density at radius 3 is 2.85 bits per heavy atom. The van der Waals surface area contributed by atoms with Crippen LogP contribution in [-0.4, -0.2) is 43.2 Å². The molecule has 5 rings (SSSR count). The molecule has 170 valence electrons. The van der Waals surface area contributed by atoms with Crippen LogP contribution < -0.4 is 20.5 Å². The van der Waals surface area contributed by atoms with E-state index >= 15 is 0 Å². The van der Waals surface area contributed by atoms with Gasteiger partial charge in [0, 0.05) is 41.0 Å². The third-order valence-electron chi connectivity index (χ3n) is 4.88. The molecular weight excluding hydrogens is 462 g/mol. The molecule has 3 N–H and O–H groups in total. The SMILES string of the molecule is CC(C)NC(=O)CCn1c(Sc2cc3c(cc2-c2nccs2)OCO3)nc2c(N)ncnc21. The predicted octanol–water partition coefficient (Wildman–Crippen LogP) is 3.33. The summed E-state index contributed by atoms with van der Waals surface area (Å²) in [6.07, 6.45) is 3.44. The van der Waals surface area contributed by atoms with Crippen LogP contribution in [0.3, 0.4) is 0 Å². The third kappa shape index (κ3) is 4.31. The van der Waals surface area contributed by atoms with Gasteiger partial charge in [0.25, 0.3) is 0 Å². The summed E-state index contributed by atoms with van der Waals surface area (Å²) in [5.74, 6) is 1.59. The summed E-state index contributed by atoms with van der Waals surface area (Å²) in [5.41, 5.74) is 8.07. The van der Waals surface area contributed by atoms with Gasteiger partial charge in [0.2, 0.25) is 12.7 Å². The van der Waals surface area contributed by atoms with Crippen LogP contribution in [0.15, 0.2) is 40.1 Å².